The molecule has 1 N–H and O–H groups in total. The van der Waals surface area contributed by atoms with E-state index in [4.69, 9.17) is 9.47 Å². The third-order valence-corrected chi connectivity index (χ3v) is 4.52. The quantitative estimate of drug-likeness (QED) is 0.905. The van der Waals surface area contributed by atoms with E-state index in [-0.39, 0.29) is 24.2 Å². The molecule has 0 spiro atoms. The van der Waals surface area contributed by atoms with E-state index in [1.54, 1.807) is 4.90 Å². The molecule has 0 radical (unpaired) electrons. The van der Waals surface area contributed by atoms with Crippen LogP contribution in [-0.4, -0.2) is 29.2 Å². The van der Waals surface area contributed by atoms with Crippen LogP contribution in [0.4, 0.5) is 5.82 Å². The average Bonchev–Trinajstić information content (AvgIpc) is 3.08. The highest BCUT2D eigenvalue weighted by Gasteiger charge is 2.30. The Balaban J connectivity index is 1.65. The molecule has 1 aromatic carbocycles. The molecule has 1 atom stereocenters. The Hall–Kier alpha value is -2.83. The first kappa shape index (κ1) is 14.7. The van der Waals surface area contributed by atoms with Crippen molar-refractivity contribution in [2.24, 2.45) is 0 Å². The molecule has 2 aromatic rings. The van der Waals surface area contributed by atoms with Crippen LogP contribution in [0.3, 0.4) is 0 Å². The largest absolute Gasteiger partial charge is 0.454 e. The summed E-state index contributed by atoms with van der Waals surface area (Å²) in [4.78, 5) is 33.3. The van der Waals surface area contributed by atoms with Crippen LogP contribution in [0.1, 0.15) is 30.4 Å². The van der Waals surface area contributed by atoms with E-state index in [9.17, 15) is 9.59 Å². The zero-order chi connectivity index (χ0) is 16.7. The van der Waals surface area contributed by atoms with Gasteiger partial charge in [-0.25, -0.2) is 4.98 Å². The van der Waals surface area contributed by atoms with Crippen LogP contribution in [0.5, 0.6) is 11.5 Å². The Morgan fingerprint density at radius 3 is 3.04 bits per heavy atom. The van der Waals surface area contributed by atoms with Crippen LogP contribution in [0.2, 0.25) is 0 Å². The van der Waals surface area contributed by atoms with E-state index in [0.717, 1.165) is 12.0 Å². The molecule has 0 saturated carbocycles. The molecular formula is C17H17N3O4. The molecule has 0 saturated heterocycles. The third-order valence-electron chi connectivity index (χ3n) is 4.52. The maximum atomic E-state index is 13.0. The Morgan fingerprint density at radius 1 is 1.33 bits per heavy atom. The second-order valence-corrected chi connectivity index (χ2v) is 5.96. The van der Waals surface area contributed by atoms with E-state index in [0.29, 0.717) is 35.8 Å². The molecular weight excluding hydrogens is 310 g/mol. The molecule has 2 aliphatic heterocycles. The van der Waals surface area contributed by atoms with Crippen molar-refractivity contribution in [3.8, 4) is 11.5 Å². The lowest BCUT2D eigenvalue weighted by molar-refractivity contribution is -0.119. The molecule has 24 heavy (non-hydrogen) atoms. The highest BCUT2D eigenvalue weighted by atomic mass is 16.7. The van der Waals surface area contributed by atoms with Gasteiger partial charge in [0.05, 0.1) is 17.8 Å². The van der Waals surface area contributed by atoms with E-state index < -0.39 is 0 Å². The summed E-state index contributed by atoms with van der Waals surface area (Å²) in [5.41, 5.74) is 1.25. The Bertz CT molecular complexity index is 861. The van der Waals surface area contributed by atoms with Gasteiger partial charge >= 0.3 is 0 Å². The van der Waals surface area contributed by atoms with Crippen molar-refractivity contribution in [3.05, 3.63) is 46.0 Å². The molecule has 2 aliphatic rings. The topological polar surface area (TPSA) is 84.5 Å². The predicted octanol–water partition coefficient (Wildman–Crippen LogP) is 1.58. The fourth-order valence-corrected chi connectivity index (χ4v) is 3.17. The second-order valence-electron chi connectivity index (χ2n) is 5.96. The number of carbonyl (C=O) groups excluding carboxylic acids is 1. The molecule has 0 fully saturated rings. The van der Waals surface area contributed by atoms with Crippen molar-refractivity contribution >= 4 is 11.7 Å². The second kappa shape index (κ2) is 5.67. The summed E-state index contributed by atoms with van der Waals surface area (Å²) in [7, 11) is 0. The summed E-state index contributed by atoms with van der Waals surface area (Å²) in [6, 6.07) is 5.52. The number of nitrogens with zero attached hydrogens (tertiary/aromatic N) is 2. The van der Waals surface area contributed by atoms with Crippen molar-refractivity contribution in [1.29, 1.82) is 0 Å². The highest BCUT2D eigenvalue weighted by molar-refractivity contribution is 5.98. The minimum absolute atomic E-state index is 0.0760. The number of H-pyrrole nitrogens is 1. The molecule has 0 aliphatic carbocycles. The number of amides is 1. The van der Waals surface area contributed by atoms with Crippen molar-refractivity contribution < 1.29 is 14.3 Å². The van der Waals surface area contributed by atoms with Gasteiger partial charge < -0.3 is 14.5 Å². The molecule has 7 heteroatoms. The minimum Gasteiger partial charge on any atom is -0.454 e. The smallest absolute Gasteiger partial charge is 0.256 e. The van der Waals surface area contributed by atoms with Crippen LogP contribution in [0.15, 0.2) is 29.3 Å². The van der Waals surface area contributed by atoms with Gasteiger partial charge in [0.2, 0.25) is 12.7 Å². The van der Waals surface area contributed by atoms with Crippen LogP contribution in [0.25, 0.3) is 0 Å². The van der Waals surface area contributed by atoms with Gasteiger partial charge in [-0.15, -0.1) is 0 Å². The number of anilines is 1. The average molecular weight is 327 g/mol. The number of ether oxygens (including phenoxy) is 2. The predicted molar refractivity (Wildman–Crippen MR) is 86.5 cm³/mol. The minimum atomic E-state index is -0.369. The molecule has 3 heterocycles. The first-order valence-corrected chi connectivity index (χ1v) is 7.92. The van der Waals surface area contributed by atoms with E-state index in [1.165, 1.54) is 6.33 Å². The molecule has 124 valence electrons. The number of fused-ring (bicyclic) bond motifs is 2. The Labute approximate surface area is 138 Å². The maximum absolute atomic E-state index is 13.0. The zero-order valence-electron chi connectivity index (χ0n) is 13.2. The van der Waals surface area contributed by atoms with Gasteiger partial charge in [-0.2, -0.15) is 0 Å². The zero-order valence-corrected chi connectivity index (χ0v) is 13.2. The third kappa shape index (κ3) is 2.33. The van der Waals surface area contributed by atoms with Crippen LogP contribution in [-0.2, 0) is 11.2 Å². The fraction of sp³-hybridized carbons (Fsp3) is 0.353. The van der Waals surface area contributed by atoms with Crippen molar-refractivity contribution in [2.75, 3.05) is 18.2 Å². The van der Waals surface area contributed by atoms with Gasteiger partial charge in [0, 0.05) is 6.54 Å². The van der Waals surface area contributed by atoms with Gasteiger partial charge in [-0.05, 0) is 37.5 Å². The lowest BCUT2D eigenvalue weighted by atomic mass is 9.97. The number of nitrogens with one attached hydrogen (secondary N) is 1. The van der Waals surface area contributed by atoms with E-state index in [2.05, 4.69) is 9.97 Å². The molecule has 0 bridgehead atoms. The van der Waals surface area contributed by atoms with Crippen LogP contribution < -0.4 is 19.9 Å². The molecule has 4 rings (SSSR count). The van der Waals surface area contributed by atoms with Crippen molar-refractivity contribution in [2.45, 2.75) is 25.7 Å². The highest BCUT2D eigenvalue weighted by Crippen LogP contribution is 2.35. The monoisotopic (exact) mass is 327 g/mol. The van der Waals surface area contributed by atoms with Gasteiger partial charge in [-0.3, -0.25) is 14.5 Å². The fourth-order valence-electron chi connectivity index (χ4n) is 3.17. The lowest BCUT2D eigenvalue weighted by Crippen LogP contribution is -2.40. The van der Waals surface area contributed by atoms with Crippen molar-refractivity contribution in [1.82, 2.24) is 9.97 Å². The van der Waals surface area contributed by atoms with Crippen LogP contribution >= 0.6 is 0 Å². The maximum Gasteiger partial charge on any atom is 0.256 e. The standard InChI is InChI=1S/C17H17N3O4/c1-10(11-4-5-13-14(7-11)24-9-23-13)17(22)20-6-2-3-12-15(20)18-8-19-16(12)21/h4-5,7-8,10H,2-3,6,9H2,1H3,(H,18,19,21). The van der Waals surface area contributed by atoms with Gasteiger partial charge in [-0.1, -0.05) is 6.07 Å². The molecule has 1 unspecified atom stereocenters. The Morgan fingerprint density at radius 2 is 2.17 bits per heavy atom. The summed E-state index contributed by atoms with van der Waals surface area (Å²) in [6.07, 6.45) is 2.74. The number of benzene rings is 1. The van der Waals surface area contributed by atoms with Gasteiger partial charge in [0.25, 0.3) is 5.56 Å². The Kier molecular flexibility index (Phi) is 3.48. The first-order valence-electron chi connectivity index (χ1n) is 7.92. The van der Waals surface area contributed by atoms with Crippen LogP contribution in [0, 0.1) is 0 Å². The van der Waals surface area contributed by atoms with Crippen molar-refractivity contribution in [3.63, 3.8) is 0 Å². The summed E-state index contributed by atoms with van der Waals surface area (Å²) >= 11 is 0. The van der Waals surface area contributed by atoms with E-state index in [1.807, 2.05) is 25.1 Å². The summed E-state index contributed by atoms with van der Waals surface area (Å²) < 4.78 is 10.7. The number of hydrogen-bond acceptors (Lipinski definition) is 5. The number of aromatic amines is 1. The van der Waals surface area contributed by atoms with E-state index >= 15 is 0 Å². The number of carbonyl (C=O) groups is 1. The summed E-state index contributed by atoms with van der Waals surface area (Å²) in [6.45, 7) is 2.62. The number of aromatic nitrogens is 2. The SMILES string of the molecule is CC(C(=O)N1CCCc2c1nc[nH]c2=O)c1ccc2c(c1)OCO2. The number of hydrogen-bond donors (Lipinski definition) is 1. The first-order chi connectivity index (χ1) is 11.6. The molecule has 1 aromatic heterocycles. The summed E-state index contributed by atoms with van der Waals surface area (Å²) in [5.74, 6) is 1.37. The normalized spacial score (nSPS) is 16.6. The summed E-state index contributed by atoms with van der Waals surface area (Å²) in [5, 5.41) is 0. The number of rotatable bonds is 2. The lowest BCUT2D eigenvalue weighted by Gasteiger charge is -2.29. The molecule has 1 amide bonds. The van der Waals surface area contributed by atoms with Gasteiger partial charge in [0.1, 0.15) is 5.82 Å². The molecule has 7 nitrogen and oxygen atoms in total. The van der Waals surface area contributed by atoms with Gasteiger partial charge in [0.15, 0.2) is 11.5 Å².